The van der Waals surface area contributed by atoms with Crippen LogP contribution in [0, 0.1) is 82.9 Å². The summed E-state index contributed by atoms with van der Waals surface area (Å²) in [6.45, 7) is 2.18. The molecule has 1 aliphatic rings. The van der Waals surface area contributed by atoms with E-state index in [1.807, 2.05) is 0 Å². The third kappa shape index (κ3) is 25.9. The first-order valence-corrected chi connectivity index (χ1v) is 22.0. The van der Waals surface area contributed by atoms with E-state index in [0.717, 1.165) is 32.1 Å². The standard InChI is InChI=1S/C41H52O16P2/c1-3-5-7-9-11-13-15-17-19-21-23-25-27-29-34(42)53-31-33(55-35(43)30-28-26-24-22-20-18-16-14-12-10-8-6-4-2)32-54-59(51,52)57-41-38(46)36(44)40(37(45)39(41)47)56-58(48,49)50/h33,36-41,44-47H,4,6,8,10,12,14,16,18,20,22,24,26,28,30-32H2,1-2H3,(H,51,52)(H2,48,49,50)/t33-,36-,37+,38?,39-,40?,41?/m1/s1. The molecule has 0 amide bonds. The predicted octanol–water partition coefficient (Wildman–Crippen LogP) is 2.40. The number of phosphoric ester groups is 2. The number of rotatable bonds is 24. The van der Waals surface area contributed by atoms with Crippen LogP contribution in [-0.4, -0.2) is 103 Å². The lowest BCUT2D eigenvalue weighted by molar-refractivity contribution is -0.216. The topological polar surface area (TPSA) is 256 Å². The second kappa shape index (κ2) is 30.9. The highest BCUT2D eigenvalue weighted by atomic mass is 31.2. The molecule has 18 heteroatoms. The number of unbranched alkanes of at least 4 members (excludes halogenated alkanes) is 12. The summed E-state index contributed by atoms with van der Waals surface area (Å²) in [5.74, 6) is 31.6. The fourth-order valence-electron chi connectivity index (χ4n) is 5.26. The maximum Gasteiger partial charge on any atom is 0.472 e. The van der Waals surface area contributed by atoms with Gasteiger partial charge in [-0.25, -0.2) is 13.9 Å². The molecule has 0 aromatic heterocycles. The first kappa shape index (κ1) is 52.9. The fraction of sp³-hybridized carbons (Fsp3) is 0.610. The Morgan fingerprint density at radius 1 is 0.576 bits per heavy atom. The van der Waals surface area contributed by atoms with Gasteiger partial charge in [0.05, 0.1) is 6.61 Å². The van der Waals surface area contributed by atoms with E-state index >= 15 is 0 Å². The van der Waals surface area contributed by atoms with Crippen molar-refractivity contribution in [1.29, 1.82) is 0 Å². The van der Waals surface area contributed by atoms with Crippen LogP contribution >= 0.6 is 15.6 Å². The largest absolute Gasteiger partial charge is 0.472 e. The molecule has 0 saturated heterocycles. The van der Waals surface area contributed by atoms with Crippen LogP contribution in [0.2, 0.25) is 0 Å². The number of aliphatic hydroxyl groups is 4. The zero-order chi connectivity index (χ0) is 43.9. The van der Waals surface area contributed by atoms with Crippen molar-refractivity contribution in [2.75, 3.05) is 13.2 Å². The highest BCUT2D eigenvalue weighted by Crippen LogP contribution is 2.48. The number of carbonyl (C=O) groups is 2. The van der Waals surface area contributed by atoms with Crippen molar-refractivity contribution < 1.29 is 76.9 Å². The molecule has 0 bridgehead atoms. The zero-order valence-corrected chi connectivity index (χ0v) is 34.8. The molecule has 0 heterocycles. The number of esters is 2. The molecule has 59 heavy (non-hydrogen) atoms. The average molecular weight is 863 g/mol. The van der Waals surface area contributed by atoms with Crippen LogP contribution in [0.25, 0.3) is 0 Å². The molecule has 1 rings (SSSR count). The number of hydrogen-bond donors (Lipinski definition) is 7. The van der Waals surface area contributed by atoms with E-state index in [9.17, 15) is 44.0 Å². The number of hydrogen-bond acceptors (Lipinski definition) is 13. The summed E-state index contributed by atoms with van der Waals surface area (Å²) in [5, 5.41) is 41.2. The molecular formula is C41H52O16P2. The minimum Gasteiger partial charge on any atom is -0.456 e. The molecule has 1 fully saturated rings. The van der Waals surface area contributed by atoms with Gasteiger partial charge in [-0.2, -0.15) is 0 Å². The predicted molar refractivity (Wildman–Crippen MR) is 213 cm³/mol. The normalized spacial score (nSPS) is 20.6. The van der Waals surface area contributed by atoms with E-state index in [-0.39, 0.29) is 6.42 Å². The summed E-state index contributed by atoms with van der Waals surface area (Å²) in [7, 11) is -10.7. The SMILES string of the molecule is CC#CC#CC#CC#CC#CC#CC#CC(=O)OC[C@H](COP(=O)(O)OC1C(O)[C@@H](O)C(OP(=O)(O)O)[C@@H](O)[C@H]1O)OC(=O)CCCCCCCCCCCCCCC. The molecular weight excluding hydrogens is 810 g/mol. The van der Waals surface area contributed by atoms with Crippen LogP contribution in [0.5, 0.6) is 0 Å². The van der Waals surface area contributed by atoms with Crippen LogP contribution in [0.4, 0.5) is 0 Å². The Hall–Kier alpha value is -4.08. The van der Waals surface area contributed by atoms with E-state index in [1.165, 1.54) is 44.9 Å². The Balaban J connectivity index is 2.82. The van der Waals surface area contributed by atoms with E-state index in [0.29, 0.717) is 6.42 Å². The van der Waals surface area contributed by atoms with Crippen LogP contribution in [0.3, 0.4) is 0 Å². The van der Waals surface area contributed by atoms with Gasteiger partial charge in [-0.1, -0.05) is 89.9 Å². The summed E-state index contributed by atoms with van der Waals surface area (Å²) in [4.78, 5) is 53.3. The molecule has 0 spiro atoms. The van der Waals surface area contributed by atoms with Gasteiger partial charge in [0.25, 0.3) is 0 Å². The van der Waals surface area contributed by atoms with Crippen LogP contribution < -0.4 is 0 Å². The monoisotopic (exact) mass is 862 g/mol. The van der Waals surface area contributed by atoms with Crippen molar-refractivity contribution in [3.63, 3.8) is 0 Å². The van der Waals surface area contributed by atoms with E-state index in [4.69, 9.17) is 28.3 Å². The molecule has 1 saturated carbocycles. The summed E-state index contributed by atoms with van der Waals surface area (Å²) >= 11 is 0. The van der Waals surface area contributed by atoms with Crippen molar-refractivity contribution >= 4 is 27.6 Å². The van der Waals surface area contributed by atoms with Gasteiger partial charge in [0.15, 0.2) is 6.10 Å². The molecule has 0 radical (unpaired) electrons. The van der Waals surface area contributed by atoms with Crippen LogP contribution in [0.15, 0.2) is 0 Å². The van der Waals surface area contributed by atoms with E-state index in [2.05, 4.69) is 94.3 Å². The van der Waals surface area contributed by atoms with Gasteiger partial charge in [0.2, 0.25) is 0 Å². The van der Waals surface area contributed by atoms with E-state index in [1.54, 1.807) is 6.92 Å². The Morgan fingerprint density at radius 2 is 0.983 bits per heavy atom. The minimum absolute atomic E-state index is 0.0286. The second-order valence-corrected chi connectivity index (χ2v) is 15.5. The van der Waals surface area contributed by atoms with Crippen molar-refractivity contribution in [2.24, 2.45) is 0 Å². The van der Waals surface area contributed by atoms with Gasteiger partial charge in [0, 0.05) is 12.3 Å². The molecule has 0 aliphatic heterocycles. The first-order chi connectivity index (χ1) is 28.1. The van der Waals surface area contributed by atoms with Gasteiger partial charge >= 0.3 is 27.6 Å². The van der Waals surface area contributed by atoms with Gasteiger partial charge in [0.1, 0.15) is 43.2 Å². The Bertz CT molecular complexity index is 1860. The lowest BCUT2D eigenvalue weighted by atomic mass is 9.85. The molecule has 4 unspecified atom stereocenters. The molecule has 1 aliphatic carbocycles. The minimum atomic E-state index is -5.34. The highest BCUT2D eigenvalue weighted by Gasteiger charge is 2.54. The number of carbonyl (C=O) groups excluding carboxylic acids is 2. The third-order valence-electron chi connectivity index (χ3n) is 8.14. The zero-order valence-electron chi connectivity index (χ0n) is 33.1. The third-order valence-corrected chi connectivity index (χ3v) is 9.65. The van der Waals surface area contributed by atoms with Crippen LogP contribution in [0.1, 0.15) is 104 Å². The number of ether oxygens (including phenoxy) is 2. The Kier molecular flexibility index (Phi) is 27.7. The lowest BCUT2D eigenvalue weighted by Crippen LogP contribution is -2.64. The molecule has 322 valence electrons. The van der Waals surface area contributed by atoms with Gasteiger partial charge in [-0.05, 0) is 84.4 Å². The quantitative estimate of drug-likeness (QED) is 0.0242. The summed E-state index contributed by atoms with van der Waals surface area (Å²) in [5.41, 5.74) is 0. The smallest absolute Gasteiger partial charge is 0.456 e. The summed E-state index contributed by atoms with van der Waals surface area (Å²) in [6.07, 6.45) is -1.07. The first-order valence-electron chi connectivity index (χ1n) is 19.0. The maximum atomic E-state index is 12.8. The van der Waals surface area contributed by atoms with Crippen molar-refractivity contribution in [3.8, 4) is 82.9 Å². The van der Waals surface area contributed by atoms with E-state index < -0.39 is 83.5 Å². The van der Waals surface area contributed by atoms with Gasteiger partial charge in [-0.3, -0.25) is 18.4 Å². The molecule has 0 aromatic rings. The lowest BCUT2D eigenvalue weighted by Gasteiger charge is -2.43. The number of phosphoric acid groups is 2. The molecule has 16 nitrogen and oxygen atoms in total. The van der Waals surface area contributed by atoms with Gasteiger partial charge in [-0.15, -0.1) is 0 Å². The van der Waals surface area contributed by atoms with Crippen molar-refractivity contribution in [1.82, 2.24) is 0 Å². The molecule has 8 atom stereocenters. The van der Waals surface area contributed by atoms with Crippen molar-refractivity contribution in [3.05, 3.63) is 0 Å². The Labute approximate surface area is 346 Å². The Morgan fingerprint density at radius 3 is 1.42 bits per heavy atom. The second-order valence-electron chi connectivity index (χ2n) is 12.9. The highest BCUT2D eigenvalue weighted by molar-refractivity contribution is 7.47. The van der Waals surface area contributed by atoms with Crippen LogP contribution in [-0.2, 0) is 41.8 Å². The number of aliphatic hydroxyl groups excluding tert-OH is 4. The fourth-order valence-corrected chi connectivity index (χ4v) is 6.80. The summed E-state index contributed by atoms with van der Waals surface area (Å²) < 4.78 is 48.3. The summed E-state index contributed by atoms with van der Waals surface area (Å²) in [6, 6.07) is 0. The van der Waals surface area contributed by atoms with Gasteiger partial charge < -0.3 is 44.6 Å². The van der Waals surface area contributed by atoms with Crippen molar-refractivity contribution in [2.45, 2.75) is 146 Å². The molecule has 7 N–H and O–H groups in total. The average Bonchev–Trinajstić information content (AvgIpc) is 3.18. The maximum absolute atomic E-state index is 12.8. The molecule has 0 aromatic carbocycles.